The molecule has 5 heteroatoms. The molecule has 2 aromatic rings. The number of fused-ring (bicyclic) bond motifs is 1. The highest BCUT2D eigenvalue weighted by Crippen LogP contribution is 2.39. The molecule has 0 heterocycles. The van der Waals surface area contributed by atoms with Gasteiger partial charge in [-0.25, -0.2) is 9.53 Å². The molecule has 0 aliphatic heterocycles. The molecule has 0 saturated heterocycles. The number of ether oxygens (including phenoxy) is 1. The Hall–Kier alpha value is -3.08. The van der Waals surface area contributed by atoms with Gasteiger partial charge < -0.3 is 15.1 Å². The van der Waals surface area contributed by atoms with E-state index >= 15 is 0 Å². The Morgan fingerprint density at radius 1 is 1.17 bits per heavy atom. The molecule has 1 aliphatic rings. The zero-order valence-corrected chi connectivity index (χ0v) is 13.4. The van der Waals surface area contributed by atoms with Crippen LogP contribution in [0.5, 0.6) is 5.75 Å². The maximum absolute atomic E-state index is 12.6. The van der Waals surface area contributed by atoms with Gasteiger partial charge in [-0.2, -0.15) is 0 Å². The fourth-order valence-electron chi connectivity index (χ4n) is 2.97. The number of hydrogen-bond donors (Lipinski definition) is 1. The first-order valence-electron chi connectivity index (χ1n) is 7.63. The first-order valence-corrected chi connectivity index (χ1v) is 7.63. The number of esters is 1. The highest BCUT2D eigenvalue weighted by Gasteiger charge is 2.38. The quantitative estimate of drug-likeness (QED) is 0.408. The predicted molar refractivity (Wildman–Crippen MR) is 90.9 cm³/mol. The van der Waals surface area contributed by atoms with Crippen LogP contribution in [-0.4, -0.2) is 35.2 Å². The molecular weight excluding hydrogens is 306 g/mol. The average molecular weight is 323 g/mol. The van der Waals surface area contributed by atoms with Gasteiger partial charge in [0.05, 0.1) is 12.2 Å². The molecule has 2 aromatic carbocycles. The lowest BCUT2D eigenvalue weighted by Crippen LogP contribution is -2.21. The summed E-state index contributed by atoms with van der Waals surface area (Å²) in [6.45, 7) is 1.93. The third-order valence-corrected chi connectivity index (χ3v) is 3.87. The van der Waals surface area contributed by atoms with Crippen LogP contribution in [0.2, 0.25) is 0 Å². The molecule has 0 atom stereocenters. The summed E-state index contributed by atoms with van der Waals surface area (Å²) in [5.41, 5.74) is 3.12. The van der Waals surface area contributed by atoms with Gasteiger partial charge in [0.25, 0.3) is 0 Å². The Kier molecular flexibility index (Phi) is 4.08. The van der Waals surface area contributed by atoms with Crippen LogP contribution in [-0.2, 0) is 9.53 Å². The van der Waals surface area contributed by atoms with Crippen molar-refractivity contribution in [3.05, 3.63) is 76.0 Å². The van der Waals surface area contributed by atoms with Crippen molar-refractivity contribution in [1.29, 1.82) is 0 Å². The minimum atomic E-state index is -0.551. The van der Waals surface area contributed by atoms with Crippen LogP contribution in [0.4, 0.5) is 0 Å². The smallest absolute Gasteiger partial charge is 0.345 e. The van der Waals surface area contributed by atoms with Gasteiger partial charge in [-0.05, 0) is 36.2 Å². The Morgan fingerprint density at radius 3 is 2.50 bits per heavy atom. The second-order valence-corrected chi connectivity index (χ2v) is 5.41. The maximum Gasteiger partial charge on any atom is 0.345 e. The highest BCUT2D eigenvalue weighted by atomic mass is 16.5. The molecule has 5 nitrogen and oxygen atoms in total. The second kappa shape index (κ2) is 6.20. The summed E-state index contributed by atoms with van der Waals surface area (Å²) in [5, 5.41) is 22.0. The van der Waals surface area contributed by atoms with E-state index in [0.717, 1.165) is 11.1 Å². The molecule has 24 heavy (non-hydrogen) atoms. The minimum absolute atomic E-state index is 0.0330. The Bertz CT molecular complexity index is 862. The van der Waals surface area contributed by atoms with E-state index in [1.165, 1.54) is 19.2 Å². The van der Waals surface area contributed by atoms with Gasteiger partial charge in [-0.1, -0.05) is 30.3 Å². The predicted octanol–water partition coefficient (Wildman–Crippen LogP) is 2.70. The third-order valence-electron chi connectivity index (χ3n) is 3.87. The van der Waals surface area contributed by atoms with E-state index < -0.39 is 5.97 Å². The van der Waals surface area contributed by atoms with E-state index in [9.17, 15) is 15.1 Å². The lowest BCUT2D eigenvalue weighted by molar-refractivity contribution is -0.421. The van der Waals surface area contributed by atoms with Crippen molar-refractivity contribution in [2.45, 2.75) is 6.92 Å². The number of nitrogens with zero attached hydrogens (tertiary/aromatic N) is 1. The Morgan fingerprint density at radius 2 is 1.88 bits per heavy atom. The summed E-state index contributed by atoms with van der Waals surface area (Å²) < 4.78 is 5.81. The SMILES string of the molecule is CCOC(=O)C1=C(c2ccccc2)c2ccc(O)cc2/C1=[N+](/C)[O-]. The van der Waals surface area contributed by atoms with E-state index in [4.69, 9.17) is 4.74 Å². The standard InChI is InChI=1S/C19H17NO4/c1-3-24-19(22)17-16(12-7-5-4-6-8-12)14-10-9-13(21)11-15(14)18(17)20(2)23/h4-11,21H,3H2,1-2H3/b20-18+. The van der Waals surface area contributed by atoms with E-state index in [-0.39, 0.29) is 23.6 Å². The highest BCUT2D eigenvalue weighted by molar-refractivity contribution is 6.35. The average Bonchev–Trinajstić information content (AvgIpc) is 2.90. The lowest BCUT2D eigenvalue weighted by Gasteiger charge is -2.08. The van der Waals surface area contributed by atoms with Gasteiger partial charge in [-0.15, -0.1) is 0 Å². The number of rotatable bonds is 3. The largest absolute Gasteiger partial charge is 0.624 e. The first-order chi connectivity index (χ1) is 11.5. The van der Waals surface area contributed by atoms with Crippen LogP contribution in [0.15, 0.2) is 54.1 Å². The van der Waals surface area contributed by atoms with Crippen molar-refractivity contribution < 1.29 is 19.4 Å². The molecular formula is C19H17NO4. The molecule has 0 spiro atoms. The van der Waals surface area contributed by atoms with Crippen molar-refractivity contribution in [3.8, 4) is 5.75 Å². The number of benzene rings is 2. The number of aromatic hydroxyl groups is 1. The van der Waals surface area contributed by atoms with Crippen LogP contribution in [0.25, 0.3) is 5.57 Å². The van der Waals surface area contributed by atoms with Gasteiger partial charge in [-0.3, -0.25) is 0 Å². The van der Waals surface area contributed by atoms with Crippen molar-refractivity contribution >= 4 is 17.3 Å². The van der Waals surface area contributed by atoms with Crippen molar-refractivity contribution in [3.63, 3.8) is 0 Å². The molecule has 0 radical (unpaired) electrons. The number of hydroxylamine groups is 1. The van der Waals surface area contributed by atoms with Gasteiger partial charge in [0.2, 0.25) is 5.71 Å². The third kappa shape index (κ3) is 2.54. The molecule has 0 unspecified atom stereocenters. The maximum atomic E-state index is 12.6. The molecule has 0 saturated carbocycles. The number of hydrogen-bond acceptors (Lipinski definition) is 4. The summed E-state index contributed by atoms with van der Waals surface area (Å²) in [4.78, 5) is 12.6. The van der Waals surface area contributed by atoms with Gasteiger partial charge >= 0.3 is 5.97 Å². The fraction of sp³-hybridized carbons (Fsp3) is 0.158. The lowest BCUT2D eigenvalue weighted by atomic mass is 9.97. The van der Waals surface area contributed by atoms with Crippen LogP contribution < -0.4 is 0 Å². The topological polar surface area (TPSA) is 72.6 Å². The van der Waals surface area contributed by atoms with Crippen LogP contribution >= 0.6 is 0 Å². The molecule has 1 aliphatic carbocycles. The molecule has 122 valence electrons. The van der Waals surface area contributed by atoms with E-state index in [0.29, 0.717) is 15.9 Å². The molecule has 0 amide bonds. The monoisotopic (exact) mass is 323 g/mol. The van der Waals surface area contributed by atoms with Gasteiger partial charge in [0.1, 0.15) is 18.4 Å². The van der Waals surface area contributed by atoms with Crippen molar-refractivity contribution in [2.24, 2.45) is 0 Å². The van der Waals surface area contributed by atoms with Gasteiger partial charge in [0, 0.05) is 5.57 Å². The summed E-state index contributed by atoms with van der Waals surface area (Å²) in [7, 11) is 1.33. The van der Waals surface area contributed by atoms with Crippen LogP contribution in [0.3, 0.4) is 0 Å². The van der Waals surface area contributed by atoms with E-state index in [1.54, 1.807) is 13.0 Å². The second-order valence-electron chi connectivity index (χ2n) is 5.41. The number of phenols is 1. The zero-order valence-electron chi connectivity index (χ0n) is 13.4. The summed E-state index contributed by atoms with van der Waals surface area (Å²) in [6.07, 6.45) is 0. The van der Waals surface area contributed by atoms with Crippen molar-refractivity contribution in [1.82, 2.24) is 0 Å². The fourth-order valence-corrected chi connectivity index (χ4v) is 2.97. The number of carbonyl (C=O) groups is 1. The Balaban J connectivity index is 2.36. The van der Waals surface area contributed by atoms with Crippen LogP contribution in [0, 0.1) is 5.21 Å². The number of carbonyl (C=O) groups excluding carboxylic acids is 1. The summed E-state index contributed by atoms with van der Waals surface area (Å²) >= 11 is 0. The van der Waals surface area contributed by atoms with E-state index in [1.807, 2.05) is 30.3 Å². The molecule has 1 N–H and O–H groups in total. The minimum Gasteiger partial charge on any atom is -0.624 e. The van der Waals surface area contributed by atoms with Gasteiger partial charge in [0.15, 0.2) is 0 Å². The Labute approximate surface area is 139 Å². The number of phenolic OH excluding ortho intramolecular Hbond substituents is 1. The van der Waals surface area contributed by atoms with Crippen LogP contribution in [0.1, 0.15) is 23.6 Å². The molecule has 3 rings (SSSR count). The van der Waals surface area contributed by atoms with E-state index in [2.05, 4.69) is 0 Å². The molecule has 0 fully saturated rings. The summed E-state index contributed by atoms with van der Waals surface area (Å²) in [6, 6.07) is 14.1. The normalized spacial score (nSPS) is 15.2. The molecule has 0 aromatic heterocycles. The zero-order chi connectivity index (χ0) is 17.3. The summed E-state index contributed by atoms with van der Waals surface area (Å²) in [5.74, 6) is -0.518. The first kappa shape index (κ1) is 15.8. The molecule has 0 bridgehead atoms. The van der Waals surface area contributed by atoms with Crippen molar-refractivity contribution in [2.75, 3.05) is 13.7 Å².